The van der Waals surface area contributed by atoms with Crippen molar-refractivity contribution in [2.24, 2.45) is 11.1 Å². The standard InChI is InChI=1S/C17H26N2O/c1-3-4-6-13-8-10-14(11-9-13)19-16(20)17(2)12-5-7-15(17)18/h8-11,15H,3-7,12,18H2,1-2H3,(H,19,20). The summed E-state index contributed by atoms with van der Waals surface area (Å²) >= 11 is 0. The number of hydrogen-bond acceptors (Lipinski definition) is 2. The Labute approximate surface area is 121 Å². The van der Waals surface area contributed by atoms with E-state index in [2.05, 4.69) is 24.4 Å². The van der Waals surface area contributed by atoms with Crippen LogP contribution in [0.25, 0.3) is 0 Å². The number of nitrogens with two attached hydrogens (primary N) is 1. The second-order valence-corrected chi connectivity index (χ2v) is 6.17. The van der Waals surface area contributed by atoms with Crippen molar-refractivity contribution in [1.82, 2.24) is 0 Å². The summed E-state index contributed by atoms with van der Waals surface area (Å²) in [6, 6.07) is 8.16. The van der Waals surface area contributed by atoms with Gasteiger partial charge in [0.05, 0.1) is 5.41 Å². The average molecular weight is 274 g/mol. The maximum absolute atomic E-state index is 12.4. The molecule has 1 saturated carbocycles. The maximum Gasteiger partial charge on any atom is 0.231 e. The Balaban J connectivity index is 1.97. The lowest BCUT2D eigenvalue weighted by atomic mass is 9.84. The van der Waals surface area contributed by atoms with E-state index >= 15 is 0 Å². The fourth-order valence-electron chi connectivity index (χ4n) is 2.88. The number of carbonyl (C=O) groups is 1. The first-order valence-corrected chi connectivity index (χ1v) is 7.72. The van der Waals surface area contributed by atoms with Crippen LogP contribution in [0.2, 0.25) is 0 Å². The van der Waals surface area contributed by atoms with Gasteiger partial charge in [0, 0.05) is 11.7 Å². The Kier molecular flexibility index (Phi) is 4.81. The number of hydrogen-bond donors (Lipinski definition) is 2. The average Bonchev–Trinajstić information content (AvgIpc) is 2.79. The van der Waals surface area contributed by atoms with Crippen molar-refractivity contribution < 1.29 is 4.79 Å². The van der Waals surface area contributed by atoms with E-state index < -0.39 is 5.41 Å². The minimum absolute atomic E-state index is 0.0219. The molecular formula is C17H26N2O. The molecule has 1 aromatic rings. The zero-order valence-corrected chi connectivity index (χ0v) is 12.6. The van der Waals surface area contributed by atoms with Crippen LogP contribution >= 0.6 is 0 Å². The molecule has 0 bridgehead atoms. The molecule has 1 aliphatic carbocycles. The summed E-state index contributed by atoms with van der Waals surface area (Å²) in [7, 11) is 0. The van der Waals surface area contributed by atoms with Crippen LogP contribution in [0, 0.1) is 5.41 Å². The zero-order chi connectivity index (χ0) is 14.6. The third kappa shape index (κ3) is 3.21. The number of carbonyl (C=O) groups excluding carboxylic acids is 1. The molecule has 0 radical (unpaired) electrons. The number of amides is 1. The molecular weight excluding hydrogens is 248 g/mol. The van der Waals surface area contributed by atoms with E-state index in [4.69, 9.17) is 5.73 Å². The second kappa shape index (κ2) is 6.40. The fourth-order valence-corrected chi connectivity index (χ4v) is 2.88. The predicted octanol–water partition coefficient (Wildman–Crippen LogP) is 3.49. The third-order valence-corrected chi connectivity index (χ3v) is 4.58. The van der Waals surface area contributed by atoms with Gasteiger partial charge in [0.15, 0.2) is 0 Å². The van der Waals surface area contributed by atoms with Crippen LogP contribution in [-0.2, 0) is 11.2 Å². The highest BCUT2D eigenvalue weighted by molar-refractivity contribution is 5.95. The van der Waals surface area contributed by atoms with E-state index in [1.54, 1.807) is 0 Å². The van der Waals surface area contributed by atoms with Gasteiger partial charge in [-0.2, -0.15) is 0 Å². The number of unbranched alkanes of at least 4 members (excludes halogenated alkanes) is 1. The topological polar surface area (TPSA) is 55.1 Å². The first kappa shape index (κ1) is 15.0. The summed E-state index contributed by atoms with van der Waals surface area (Å²) < 4.78 is 0. The number of nitrogens with one attached hydrogen (secondary N) is 1. The number of aryl methyl sites for hydroxylation is 1. The minimum Gasteiger partial charge on any atom is -0.327 e. The number of rotatable bonds is 5. The van der Waals surface area contributed by atoms with Gasteiger partial charge in [-0.05, 0) is 50.3 Å². The molecule has 0 heterocycles. The van der Waals surface area contributed by atoms with Gasteiger partial charge in [-0.25, -0.2) is 0 Å². The molecule has 3 heteroatoms. The van der Waals surface area contributed by atoms with Crippen LogP contribution in [-0.4, -0.2) is 11.9 Å². The zero-order valence-electron chi connectivity index (χ0n) is 12.6. The molecule has 0 aromatic heterocycles. The number of anilines is 1. The molecule has 110 valence electrons. The molecule has 0 spiro atoms. The molecule has 2 unspecified atom stereocenters. The molecule has 0 saturated heterocycles. The van der Waals surface area contributed by atoms with Crippen molar-refractivity contribution in [2.75, 3.05) is 5.32 Å². The molecule has 1 amide bonds. The SMILES string of the molecule is CCCCc1ccc(NC(=O)C2(C)CCCC2N)cc1. The van der Waals surface area contributed by atoms with Crippen molar-refractivity contribution in [3.63, 3.8) is 0 Å². The van der Waals surface area contributed by atoms with Crippen LogP contribution in [0.4, 0.5) is 5.69 Å². The molecule has 0 aliphatic heterocycles. The largest absolute Gasteiger partial charge is 0.327 e. The van der Waals surface area contributed by atoms with E-state index in [0.29, 0.717) is 0 Å². The quantitative estimate of drug-likeness (QED) is 0.863. The Morgan fingerprint density at radius 1 is 1.40 bits per heavy atom. The normalized spacial score (nSPS) is 25.6. The van der Waals surface area contributed by atoms with Crippen molar-refractivity contribution in [3.05, 3.63) is 29.8 Å². The second-order valence-electron chi connectivity index (χ2n) is 6.17. The summed E-state index contributed by atoms with van der Waals surface area (Å²) in [5, 5.41) is 3.02. The highest BCUT2D eigenvalue weighted by Crippen LogP contribution is 2.37. The third-order valence-electron chi connectivity index (χ3n) is 4.58. The van der Waals surface area contributed by atoms with Crippen molar-refractivity contribution >= 4 is 11.6 Å². The van der Waals surface area contributed by atoms with Crippen LogP contribution in [0.3, 0.4) is 0 Å². The van der Waals surface area contributed by atoms with E-state index in [1.807, 2.05) is 19.1 Å². The van der Waals surface area contributed by atoms with Crippen LogP contribution in [0.5, 0.6) is 0 Å². The van der Waals surface area contributed by atoms with E-state index in [1.165, 1.54) is 18.4 Å². The lowest BCUT2D eigenvalue weighted by Gasteiger charge is -2.27. The van der Waals surface area contributed by atoms with Crippen molar-refractivity contribution in [3.8, 4) is 0 Å². The van der Waals surface area contributed by atoms with Gasteiger partial charge >= 0.3 is 0 Å². The van der Waals surface area contributed by atoms with Gasteiger partial charge in [0.25, 0.3) is 0 Å². The Morgan fingerprint density at radius 3 is 2.65 bits per heavy atom. The van der Waals surface area contributed by atoms with Gasteiger partial charge in [-0.3, -0.25) is 4.79 Å². The molecule has 3 nitrogen and oxygen atoms in total. The Bertz CT molecular complexity index is 455. The van der Waals surface area contributed by atoms with Gasteiger partial charge in [0.1, 0.15) is 0 Å². The maximum atomic E-state index is 12.4. The Morgan fingerprint density at radius 2 is 2.10 bits per heavy atom. The molecule has 3 N–H and O–H groups in total. The molecule has 1 aromatic carbocycles. The Hall–Kier alpha value is -1.35. The van der Waals surface area contributed by atoms with Gasteiger partial charge in [0.2, 0.25) is 5.91 Å². The van der Waals surface area contributed by atoms with Crippen LogP contribution in [0.15, 0.2) is 24.3 Å². The van der Waals surface area contributed by atoms with E-state index in [9.17, 15) is 4.79 Å². The lowest BCUT2D eigenvalue weighted by Crippen LogP contribution is -2.44. The molecule has 1 aliphatic rings. The highest BCUT2D eigenvalue weighted by Gasteiger charge is 2.42. The highest BCUT2D eigenvalue weighted by atomic mass is 16.2. The van der Waals surface area contributed by atoms with Gasteiger partial charge in [-0.15, -0.1) is 0 Å². The summed E-state index contributed by atoms with van der Waals surface area (Å²) in [5.74, 6) is 0.0591. The van der Waals surface area contributed by atoms with Gasteiger partial charge < -0.3 is 11.1 Å². The molecule has 1 fully saturated rings. The number of benzene rings is 1. The summed E-state index contributed by atoms with van der Waals surface area (Å²) in [6.07, 6.45) is 6.39. The van der Waals surface area contributed by atoms with Crippen molar-refractivity contribution in [2.45, 2.75) is 58.4 Å². The first-order valence-electron chi connectivity index (χ1n) is 7.72. The summed E-state index contributed by atoms with van der Waals surface area (Å²) in [5.41, 5.74) is 7.87. The monoisotopic (exact) mass is 274 g/mol. The van der Waals surface area contributed by atoms with E-state index in [-0.39, 0.29) is 11.9 Å². The van der Waals surface area contributed by atoms with Crippen LogP contribution < -0.4 is 11.1 Å². The predicted molar refractivity (Wildman–Crippen MR) is 83.6 cm³/mol. The first-order chi connectivity index (χ1) is 9.56. The van der Waals surface area contributed by atoms with Crippen LogP contribution in [0.1, 0.15) is 51.5 Å². The fraction of sp³-hybridized carbons (Fsp3) is 0.588. The smallest absolute Gasteiger partial charge is 0.231 e. The van der Waals surface area contributed by atoms with Gasteiger partial charge in [-0.1, -0.05) is 31.9 Å². The molecule has 2 atom stereocenters. The summed E-state index contributed by atoms with van der Waals surface area (Å²) in [4.78, 5) is 12.4. The lowest BCUT2D eigenvalue weighted by molar-refractivity contribution is -0.125. The summed E-state index contributed by atoms with van der Waals surface area (Å²) in [6.45, 7) is 4.18. The van der Waals surface area contributed by atoms with Crippen molar-refractivity contribution in [1.29, 1.82) is 0 Å². The molecule has 2 rings (SSSR count). The van der Waals surface area contributed by atoms with E-state index in [0.717, 1.165) is 31.4 Å². The molecule has 20 heavy (non-hydrogen) atoms. The minimum atomic E-state index is -0.416.